The minimum Gasteiger partial charge on any atom is -0.313 e. The Bertz CT molecular complexity index is 170. The zero-order valence-electron chi connectivity index (χ0n) is 7.97. The third kappa shape index (κ3) is 2.49. The average Bonchev–Trinajstić information content (AvgIpc) is 2.15. The molecule has 1 atom stereocenters. The van der Waals surface area contributed by atoms with E-state index in [2.05, 4.69) is 18.0 Å². The topological polar surface area (TPSA) is 12.0 Å². The molecule has 0 saturated heterocycles. The van der Waals surface area contributed by atoms with Crippen molar-refractivity contribution in [2.75, 3.05) is 7.05 Å². The Morgan fingerprint density at radius 3 is 3.00 bits per heavy atom. The van der Waals surface area contributed by atoms with Crippen molar-refractivity contribution in [1.82, 2.24) is 5.32 Å². The van der Waals surface area contributed by atoms with Gasteiger partial charge in [-0.15, -0.1) is 6.58 Å². The SMILES string of the molecule is C=CCC(NC)C1=CCCCC1. The van der Waals surface area contributed by atoms with Crippen LogP contribution in [0.25, 0.3) is 0 Å². The molecule has 0 aromatic carbocycles. The molecule has 0 saturated carbocycles. The van der Waals surface area contributed by atoms with E-state index in [4.69, 9.17) is 0 Å². The largest absolute Gasteiger partial charge is 0.313 e. The minimum atomic E-state index is 0.544. The first-order valence-electron chi connectivity index (χ1n) is 4.85. The summed E-state index contributed by atoms with van der Waals surface area (Å²) in [5.41, 5.74) is 1.59. The van der Waals surface area contributed by atoms with Crippen molar-refractivity contribution in [1.29, 1.82) is 0 Å². The van der Waals surface area contributed by atoms with Crippen molar-refractivity contribution < 1.29 is 0 Å². The molecule has 0 spiro atoms. The molecule has 1 heteroatoms. The maximum atomic E-state index is 3.78. The molecule has 1 aliphatic carbocycles. The molecule has 0 aromatic rings. The van der Waals surface area contributed by atoms with Crippen LogP contribution in [-0.4, -0.2) is 13.1 Å². The van der Waals surface area contributed by atoms with E-state index in [1.807, 2.05) is 13.1 Å². The van der Waals surface area contributed by atoms with E-state index < -0.39 is 0 Å². The summed E-state index contributed by atoms with van der Waals surface area (Å²) in [6.07, 6.45) is 10.7. The summed E-state index contributed by atoms with van der Waals surface area (Å²) in [5, 5.41) is 3.33. The maximum absolute atomic E-state index is 3.78. The summed E-state index contributed by atoms with van der Waals surface area (Å²) in [5.74, 6) is 0. The standard InChI is InChI=1S/C11H19N/c1-3-7-11(12-2)10-8-5-4-6-9-10/h3,8,11-12H,1,4-7,9H2,2H3. The van der Waals surface area contributed by atoms with Crippen LogP contribution in [0.4, 0.5) is 0 Å². The third-order valence-electron chi connectivity index (χ3n) is 2.52. The van der Waals surface area contributed by atoms with Crippen LogP contribution in [0.2, 0.25) is 0 Å². The van der Waals surface area contributed by atoms with Gasteiger partial charge in [-0.25, -0.2) is 0 Å². The molecule has 1 N–H and O–H groups in total. The molecule has 0 fully saturated rings. The zero-order valence-corrected chi connectivity index (χ0v) is 7.97. The Morgan fingerprint density at radius 1 is 1.67 bits per heavy atom. The number of allylic oxidation sites excluding steroid dienone is 1. The molecule has 1 aliphatic rings. The lowest BCUT2D eigenvalue weighted by Crippen LogP contribution is -2.27. The van der Waals surface area contributed by atoms with Gasteiger partial charge in [0, 0.05) is 6.04 Å². The van der Waals surface area contributed by atoms with E-state index in [1.54, 1.807) is 5.57 Å². The van der Waals surface area contributed by atoms with Crippen molar-refractivity contribution in [3.8, 4) is 0 Å². The van der Waals surface area contributed by atoms with Crippen molar-refractivity contribution in [3.05, 3.63) is 24.3 Å². The van der Waals surface area contributed by atoms with E-state index in [0.29, 0.717) is 6.04 Å². The zero-order chi connectivity index (χ0) is 8.81. The number of rotatable bonds is 4. The summed E-state index contributed by atoms with van der Waals surface area (Å²) in [6, 6.07) is 0.544. The lowest BCUT2D eigenvalue weighted by atomic mass is 9.92. The number of hydrogen-bond donors (Lipinski definition) is 1. The molecule has 1 nitrogen and oxygen atoms in total. The maximum Gasteiger partial charge on any atom is 0.0311 e. The third-order valence-corrected chi connectivity index (χ3v) is 2.52. The van der Waals surface area contributed by atoms with Crippen molar-refractivity contribution in [2.24, 2.45) is 0 Å². The molecule has 12 heavy (non-hydrogen) atoms. The molecule has 0 aliphatic heterocycles. The van der Waals surface area contributed by atoms with Crippen molar-refractivity contribution in [3.63, 3.8) is 0 Å². The molecule has 0 bridgehead atoms. The molecule has 1 unspecified atom stereocenters. The quantitative estimate of drug-likeness (QED) is 0.631. The van der Waals surface area contributed by atoms with Crippen molar-refractivity contribution in [2.45, 2.75) is 38.1 Å². The van der Waals surface area contributed by atoms with E-state index in [9.17, 15) is 0 Å². The van der Waals surface area contributed by atoms with Gasteiger partial charge in [0.05, 0.1) is 0 Å². The fourth-order valence-electron chi connectivity index (χ4n) is 1.80. The van der Waals surface area contributed by atoms with Gasteiger partial charge in [0.15, 0.2) is 0 Å². The first kappa shape index (κ1) is 9.53. The van der Waals surface area contributed by atoms with Gasteiger partial charge < -0.3 is 5.32 Å². The minimum absolute atomic E-state index is 0.544. The smallest absolute Gasteiger partial charge is 0.0311 e. The van der Waals surface area contributed by atoms with Crippen molar-refractivity contribution >= 4 is 0 Å². The predicted octanol–water partition coefficient (Wildman–Crippen LogP) is 2.65. The Morgan fingerprint density at radius 2 is 2.50 bits per heavy atom. The van der Waals surface area contributed by atoms with E-state index in [-0.39, 0.29) is 0 Å². The van der Waals surface area contributed by atoms with Crippen LogP contribution in [0.1, 0.15) is 32.1 Å². The number of hydrogen-bond acceptors (Lipinski definition) is 1. The lowest BCUT2D eigenvalue weighted by Gasteiger charge is -2.21. The molecule has 1 rings (SSSR count). The molecular formula is C11H19N. The molecular weight excluding hydrogens is 146 g/mol. The summed E-state index contributed by atoms with van der Waals surface area (Å²) in [4.78, 5) is 0. The average molecular weight is 165 g/mol. The van der Waals surface area contributed by atoms with E-state index >= 15 is 0 Å². The lowest BCUT2D eigenvalue weighted by molar-refractivity contribution is 0.576. The van der Waals surface area contributed by atoms with E-state index in [1.165, 1.54) is 25.7 Å². The van der Waals surface area contributed by atoms with Gasteiger partial charge in [0.2, 0.25) is 0 Å². The molecule has 0 aromatic heterocycles. The predicted molar refractivity (Wildman–Crippen MR) is 54.2 cm³/mol. The summed E-state index contributed by atoms with van der Waals surface area (Å²) in [6.45, 7) is 3.78. The molecule has 0 radical (unpaired) electrons. The van der Waals surface area contributed by atoms with E-state index in [0.717, 1.165) is 6.42 Å². The molecule has 0 heterocycles. The van der Waals surface area contributed by atoms with Crippen LogP contribution in [0.5, 0.6) is 0 Å². The second kappa shape index (κ2) is 5.15. The van der Waals surface area contributed by atoms with Gasteiger partial charge in [0.25, 0.3) is 0 Å². The van der Waals surface area contributed by atoms with Gasteiger partial charge in [-0.05, 0) is 39.2 Å². The monoisotopic (exact) mass is 165 g/mol. The summed E-state index contributed by atoms with van der Waals surface area (Å²) >= 11 is 0. The Hall–Kier alpha value is -0.560. The fourth-order valence-corrected chi connectivity index (χ4v) is 1.80. The second-order valence-corrected chi connectivity index (χ2v) is 3.39. The van der Waals surface area contributed by atoms with Gasteiger partial charge in [-0.3, -0.25) is 0 Å². The normalized spacial score (nSPS) is 19.9. The van der Waals surface area contributed by atoms with Gasteiger partial charge >= 0.3 is 0 Å². The van der Waals surface area contributed by atoms with Crippen LogP contribution in [0.3, 0.4) is 0 Å². The van der Waals surface area contributed by atoms with Crippen LogP contribution in [0, 0.1) is 0 Å². The van der Waals surface area contributed by atoms with Gasteiger partial charge in [-0.1, -0.05) is 17.7 Å². The Balaban J connectivity index is 2.50. The highest BCUT2D eigenvalue weighted by Crippen LogP contribution is 2.21. The number of nitrogens with one attached hydrogen (secondary N) is 1. The highest BCUT2D eigenvalue weighted by molar-refractivity contribution is 5.14. The molecule has 0 amide bonds. The number of likely N-dealkylation sites (N-methyl/N-ethyl adjacent to an activating group) is 1. The first-order chi connectivity index (χ1) is 5.88. The van der Waals surface area contributed by atoms with Crippen LogP contribution < -0.4 is 5.32 Å². The Kier molecular flexibility index (Phi) is 4.09. The first-order valence-corrected chi connectivity index (χ1v) is 4.85. The summed E-state index contributed by atoms with van der Waals surface area (Å²) in [7, 11) is 2.03. The second-order valence-electron chi connectivity index (χ2n) is 3.39. The van der Waals surface area contributed by atoms with Crippen LogP contribution in [0.15, 0.2) is 24.3 Å². The summed E-state index contributed by atoms with van der Waals surface area (Å²) < 4.78 is 0. The van der Waals surface area contributed by atoms with Crippen LogP contribution in [-0.2, 0) is 0 Å². The van der Waals surface area contributed by atoms with Crippen LogP contribution >= 0.6 is 0 Å². The fraction of sp³-hybridized carbons (Fsp3) is 0.636. The highest BCUT2D eigenvalue weighted by Gasteiger charge is 2.12. The van der Waals surface area contributed by atoms with Gasteiger partial charge in [0.1, 0.15) is 0 Å². The Labute approximate surface area is 75.6 Å². The van der Waals surface area contributed by atoms with Gasteiger partial charge in [-0.2, -0.15) is 0 Å². The molecule has 68 valence electrons. The highest BCUT2D eigenvalue weighted by atomic mass is 14.9.